The van der Waals surface area contributed by atoms with Crippen LogP contribution < -0.4 is 9.80 Å². The van der Waals surface area contributed by atoms with Crippen LogP contribution in [0.5, 0.6) is 0 Å². The first-order chi connectivity index (χ1) is 35.2. The van der Waals surface area contributed by atoms with E-state index in [9.17, 15) is 0 Å². The van der Waals surface area contributed by atoms with Crippen molar-refractivity contribution in [1.29, 1.82) is 0 Å². The molecule has 4 aliphatic carbocycles. The van der Waals surface area contributed by atoms with E-state index in [-0.39, 0.29) is 10.8 Å². The predicted molar refractivity (Wildman–Crippen MR) is 297 cm³/mol. The highest BCUT2D eigenvalue weighted by Gasteiger charge is 2.55. The molecule has 3 nitrogen and oxygen atoms in total. The summed E-state index contributed by atoms with van der Waals surface area (Å²) in [6.07, 6.45) is 0. The van der Waals surface area contributed by atoms with Crippen molar-refractivity contribution in [3.05, 3.63) is 275 Å². The number of hydrogen-bond acceptors (Lipinski definition) is 3. The molecule has 0 radical (unpaired) electrons. The number of furan rings is 1. The van der Waals surface area contributed by atoms with Crippen LogP contribution in [-0.2, 0) is 16.2 Å². The first-order valence-corrected chi connectivity index (χ1v) is 25.3. The lowest BCUT2D eigenvalue weighted by Gasteiger charge is -2.33. The van der Waals surface area contributed by atoms with Crippen molar-refractivity contribution < 1.29 is 4.42 Å². The minimum absolute atomic E-state index is 0.146. The molecular formula is C69H50N2O. The van der Waals surface area contributed by atoms with Crippen LogP contribution in [0, 0.1) is 0 Å². The third kappa shape index (κ3) is 5.35. The molecule has 342 valence electrons. The van der Waals surface area contributed by atoms with Crippen LogP contribution >= 0.6 is 0 Å². The lowest BCUT2D eigenvalue weighted by atomic mass is 9.70. The van der Waals surface area contributed by atoms with Crippen LogP contribution in [0.3, 0.4) is 0 Å². The van der Waals surface area contributed by atoms with E-state index in [1.807, 2.05) is 0 Å². The molecular weight excluding hydrogens is 873 g/mol. The molecule has 1 unspecified atom stereocenters. The van der Waals surface area contributed by atoms with E-state index >= 15 is 0 Å². The van der Waals surface area contributed by atoms with Gasteiger partial charge in [-0.2, -0.15) is 0 Å². The summed E-state index contributed by atoms with van der Waals surface area (Å²) in [5.41, 5.74) is 25.7. The predicted octanol–water partition coefficient (Wildman–Crippen LogP) is 18.3. The maximum Gasteiger partial charge on any atom is 0.142 e. The lowest BCUT2D eigenvalue weighted by molar-refractivity contribution is 0.628. The molecule has 1 aromatic heterocycles. The van der Waals surface area contributed by atoms with Crippen molar-refractivity contribution in [2.45, 2.75) is 43.9 Å². The molecule has 0 saturated carbocycles. The maximum absolute atomic E-state index is 7.33. The van der Waals surface area contributed by atoms with Crippen LogP contribution in [0.2, 0.25) is 0 Å². The summed E-state index contributed by atoms with van der Waals surface area (Å²) in [5, 5.41) is 1.13. The van der Waals surface area contributed by atoms with Crippen molar-refractivity contribution in [2.75, 3.05) is 9.80 Å². The van der Waals surface area contributed by atoms with Crippen LogP contribution in [0.25, 0.3) is 55.7 Å². The molecule has 0 saturated heterocycles. The van der Waals surface area contributed by atoms with Gasteiger partial charge in [-0.25, -0.2) is 0 Å². The lowest BCUT2D eigenvalue weighted by Crippen LogP contribution is -2.26. The van der Waals surface area contributed by atoms with Gasteiger partial charge >= 0.3 is 0 Å². The van der Waals surface area contributed by atoms with Crippen LogP contribution in [0.4, 0.5) is 34.1 Å². The molecule has 3 heteroatoms. The Morgan fingerprint density at radius 2 is 0.750 bits per heavy atom. The van der Waals surface area contributed by atoms with Gasteiger partial charge in [-0.15, -0.1) is 0 Å². The largest absolute Gasteiger partial charge is 0.456 e. The van der Waals surface area contributed by atoms with E-state index in [1.54, 1.807) is 0 Å². The van der Waals surface area contributed by atoms with Gasteiger partial charge in [0.05, 0.1) is 11.1 Å². The molecule has 1 atom stereocenters. The van der Waals surface area contributed by atoms with Crippen molar-refractivity contribution in [3.8, 4) is 44.7 Å². The second-order valence-corrected chi connectivity index (χ2v) is 21.2. The zero-order chi connectivity index (χ0) is 48.1. The number of anilines is 6. The monoisotopic (exact) mass is 922 g/mol. The fourth-order valence-electron chi connectivity index (χ4n) is 13.7. The number of nitrogens with zero attached hydrogens (tertiary/aromatic N) is 2. The van der Waals surface area contributed by atoms with E-state index in [2.05, 4.69) is 268 Å². The number of hydrogen-bond donors (Lipinski definition) is 0. The summed E-state index contributed by atoms with van der Waals surface area (Å²) in [7, 11) is 0. The SMILES string of the molecule is CC1(C)c2ccccc2-c2ccc(N(c3ccccc3)c3ccc4c(c3)C3(c5ccccc5-4)c4cccc(N(c5ccccc5)c5ccc6c(c5)C(C)(C)c5ccccc5-6)c4-c4oc5ccccc5c43)cc21. The van der Waals surface area contributed by atoms with Crippen molar-refractivity contribution in [3.63, 3.8) is 0 Å². The Kier molecular flexibility index (Phi) is 8.40. The highest BCUT2D eigenvalue weighted by Crippen LogP contribution is 2.67. The zero-order valence-electron chi connectivity index (χ0n) is 40.7. The fourth-order valence-corrected chi connectivity index (χ4v) is 13.7. The van der Waals surface area contributed by atoms with Gasteiger partial charge in [-0.3, -0.25) is 0 Å². The van der Waals surface area contributed by atoms with E-state index < -0.39 is 5.41 Å². The average molecular weight is 923 g/mol. The second-order valence-electron chi connectivity index (χ2n) is 21.2. The summed E-state index contributed by atoms with van der Waals surface area (Å²) in [6.45, 7) is 9.47. The Morgan fingerprint density at radius 3 is 1.35 bits per heavy atom. The van der Waals surface area contributed by atoms with E-state index in [1.165, 1.54) is 77.9 Å². The molecule has 15 rings (SSSR count). The van der Waals surface area contributed by atoms with Gasteiger partial charge in [0.1, 0.15) is 11.3 Å². The van der Waals surface area contributed by atoms with Crippen LogP contribution in [-0.4, -0.2) is 0 Å². The minimum Gasteiger partial charge on any atom is -0.456 e. The molecule has 11 aromatic rings. The van der Waals surface area contributed by atoms with Crippen molar-refractivity contribution in [1.82, 2.24) is 0 Å². The van der Waals surface area contributed by atoms with Crippen LogP contribution in [0.15, 0.2) is 235 Å². The van der Waals surface area contributed by atoms with Gasteiger partial charge in [-0.1, -0.05) is 185 Å². The topological polar surface area (TPSA) is 19.6 Å². The molecule has 4 aliphatic rings. The highest BCUT2D eigenvalue weighted by molar-refractivity contribution is 6.06. The Labute approximate surface area is 420 Å². The van der Waals surface area contributed by atoms with Crippen LogP contribution in [0.1, 0.15) is 72.2 Å². The molecule has 1 spiro atoms. The summed E-state index contributed by atoms with van der Waals surface area (Å²) < 4.78 is 7.33. The Morgan fingerprint density at radius 1 is 0.319 bits per heavy atom. The highest BCUT2D eigenvalue weighted by atomic mass is 16.3. The van der Waals surface area contributed by atoms with Gasteiger partial charge in [0.15, 0.2) is 0 Å². The third-order valence-corrected chi connectivity index (χ3v) is 16.9. The summed E-state index contributed by atoms with van der Waals surface area (Å²) >= 11 is 0. The Balaban J connectivity index is 0.988. The second kappa shape index (κ2) is 14.7. The molecule has 0 amide bonds. The van der Waals surface area contributed by atoms with Gasteiger partial charge in [0.25, 0.3) is 0 Å². The minimum atomic E-state index is -0.705. The van der Waals surface area contributed by atoms with E-state index in [4.69, 9.17) is 4.42 Å². The van der Waals surface area contributed by atoms with Gasteiger partial charge in [0.2, 0.25) is 0 Å². The molecule has 1 heterocycles. The first-order valence-electron chi connectivity index (χ1n) is 25.3. The van der Waals surface area contributed by atoms with E-state index in [0.717, 1.165) is 56.4 Å². The van der Waals surface area contributed by atoms with Gasteiger partial charge < -0.3 is 14.2 Å². The molecule has 0 N–H and O–H groups in total. The number of fused-ring (bicyclic) bond motifs is 18. The first kappa shape index (κ1) is 41.2. The number of benzene rings is 10. The maximum atomic E-state index is 7.33. The Hall–Kier alpha value is -8.66. The summed E-state index contributed by atoms with van der Waals surface area (Å²) in [6, 6.07) is 85.7. The quantitative estimate of drug-likeness (QED) is 0.166. The smallest absolute Gasteiger partial charge is 0.142 e. The molecule has 72 heavy (non-hydrogen) atoms. The summed E-state index contributed by atoms with van der Waals surface area (Å²) in [5.74, 6) is 0.921. The average Bonchev–Trinajstić information content (AvgIpc) is 4.17. The summed E-state index contributed by atoms with van der Waals surface area (Å²) in [4.78, 5) is 4.93. The molecule has 0 bridgehead atoms. The molecule has 0 aliphatic heterocycles. The fraction of sp³-hybridized carbons (Fsp3) is 0.101. The number of para-hydroxylation sites is 3. The third-order valence-electron chi connectivity index (χ3n) is 16.9. The molecule has 10 aromatic carbocycles. The normalized spacial score (nSPS) is 16.3. The number of rotatable bonds is 6. The van der Waals surface area contributed by atoms with Crippen molar-refractivity contribution >= 4 is 45.1 Å². The standard InChI is InChI=1S/C69H50N2O/c1-67(2)55-28-15-11-24-48(55)51-37-34-45(40-59(51)67)70(43-20-7-5-8-21-43)46-35-39-53-50-26-13-17-30-57(50)69(61(53)42-46)58-31-19-32-62(64(58)66-65(69)54-27-14-18-33-63(54)72-66)71(44-22-9-6-10-23-44)47-36-38-52-49-25-12-16-29-56(49)68(3,4)60(52)41-47/h5-42H,1-4H3. The zero-order valence-corrected chi connectivity index (χ0v) is 40.7. The Bertz CT molecular complexity index is 4060. The van der Waals surface area contributed by atoms with Gasteiger partial charge in [-0.05, 0) is 145 Å². The molecule has 0 fully saturated rings. The van der Waals surface area contributed by atoms with Crippen molar-refractivity contribution in [2.24, 2.45) is 0 Å². The van der Waals surface area contributed by atoms with E-state index in [0.29, 0.717) is 0 Å². The van der Waals surface area contributed by atoms with Gasteiger partial charge in [0, 0.05) is 55.8 Å².